The molecule has 2 aromatic heterocycles. The molecular weight excluding hydrogens is 274 g/mol. The number of fused-ring (bicyclic) bond motifs is 3. The monoisotopic (exact) mass is 290 g/mol. The number of aromatic amines is 1. The van der Waals surface area contributed by atoms with Crippen molar-refractivity contribution in [2.24, 2.45) is 5.92 Å². The van der Waals surface area contributed by atoms with Crippen LogP contribution in [0.3, 0.4) is 0 Å². The van der Waals surface area contributed by atoms with Gasteiger partial charge < -0.3 is 0 Å². The van der Waals surface area contributed by atoms with Crippen LogP contribution in [-0.4, -0.2) is 33.2 Å². The van der Waals surface area contributed by atoms with Crippen molar-refractivity contribution >= 4 is 0 Å². The Morgan fingerprint density at radius 3 is 3.05 bits per heavy atom. The summed E-state index contributed by atoms with van der Waals surface area (Å²) in [4.78, 5) is 6.50. The van der Waals surface area contributed by atoms with Crippen LogP contribution in [0.5, 0.6) is 0 Å². The molecule has 0 bridgehead atoms. The normalized spacial score (nSPS) is 24.5. The molecule has 2 aromatic rings. The lowest BCUT2D eigenvalue weighted by Crippen LogP contribution is -2.21. The first-order chi connectivity index (χ1) is 10.2. The lowest BCUT2D eigenvalue weighted by atomic mass is 9.99. The first-order valence-corrected chi connectivity index (χ1v) is 7.19. The number of nitrogens with one attached hydrogen (secondary N) is 1. The highest BCUT2D eigenvalue weighted by Crippen LogP contribution is 2.44. The zero-order valence-electron chi connectivity index (χ0n) is 11.5. The van der Waals surface area contributed by atoms with Crippen molar-refractivity contribution in [3.63, 3.8) is 0 Å². The number of aromatic nitrogens is 3. The number of H-pyrrole nitrogens is 1. The molecule has 1 fully saturated rings. The van der Waals surface area contributed by atoms with Crippen LogP contribution in [0.4, 0.5) is 8.78 Å². The molecule has 110 valence electrons. The third kappa shape index (κ3) is 2.14. The smallest absolute Gasteiger partial charge is 0.282 e. The maximum absolute atomic E-state index is 12.9. The number of hydrogen-bond acceptors (Lipinski definition) is 3. The Balaban J connectivity index is 1.50. The minimum atomic E-state index is -2.48. The van der Waals surface area contributed by atoms with Crippen molar-refractivity contribution in [1.82, 2.24) is 20.1 Å². The lowest BCUT2D eigenvalue weighted by Gasteiger charge is -2.16. The number of pyridine rings is 1. The summed E-state index contributed by atoms with van der Waals surface area (Å²) >= 11 is 0. The van der Waals surface area contributed by atoms with Crippen molar-refractivity contribution < 1.29 is 8.78 Å². The van der Waals surface area contributed by atoms with Crippen LogP contribution in [-0.2, 0) is 13.0 Å². The van der Waals surface area contributed by atoms with E-state index < -0.39 is 6.43 Å². The largest absolute Gasteiger partial charge is 0.298 e. The summed E-state index contributed by atoms with van der Waals surface area (Å²) in [7, 11) is 0. The summed E-state index contributed by atoms with van der Waals surface area (Å²) in [6.45, 7) is 2.72. The van der Waals surface area contributed by atoms with Gasteiger partial charge in [0.05, 0.1) is 0 Å². The van der Waals surface area contributed by atoms with E-state index in [0.717, 1.165) is 37.3 Å². The summed E-state index contributed by atoms with van der Waals surface area (Å²) < 4.78 is 25.8. The van der Waals surface area contributed by atoms with E-state index in [1.165, 1.54) is 5.56 Å². The second-order valence-corrected chi connectivity index (χ2v) is 5.93. The summed E-state index contributed by atoms with van der Waals surface area (Å²) in [5, 5.41) is 6.66. The van der Waals surface area contributed by atoms with E-state index in [1.54, 1.807) is 6.20 Å². The number of likely N-dealkylation sites (tertiary alicyclic amines) is 1. The van der Waals surface area contributed by atoms with E-state index in [0.29, 0.717) is 11.8 Å². The summed E-state index contributed by atoms with van der Waals surface area (Å²) in [6.07, 6.45) is 1.89. The highest BCUT2D eigenvalue weighted by molar-refractivity contribution is 5.36. The van der Waals surface area contributed by atoms with Crippen LogP contribution >= 0.6 is 0 Å². The Morgan fingerprint density at radius 1 is 1.38 bits per heavy atom. The fraction of sp³-hybridized carbons (Fsp3) is 0.467. The Bertz CT molecular complexity index is 640. The van der Waals surface area contributed by atoms with Gasteiger partial charge in [0.15, 0.2) is 0 Å². The molecule has 3 heterocycles. The van der Waals surface area contributed by atoms with Crippen molar-refractivity contribution in [2.45, 2.75) is 25.3 Å². The van der Waals surface area contributed by atoms with Gasteiger partial charge in [0.2, 0.25) is 0 Å². The highest BCUT2D eigenvalue weighted by atomic mass is 19.3. The molecule has 0 unspecified atom stereocenters. The van der Waals surface area contributed by atoms with Gasteiger partial charge in [0.25, 0.3) is 6.43 Å². The van der Waals surface area contributed by atoms with Gasteiger partial charge in [-0.1, -0.05) is 6.07 Å². The van der Waals surface area contributed by atoms with Gasteiger partial charge in [0, 0.05) is 49.2 Å². The van der Waals surface area contributed by atoms with Crippen LogP contribution in [0.1, 0.15) is 34.9 Å². The van der Waals surface area contributed by atoms with Crippen LogP contribution in [0.25, 0.3) is 0 Å². The molecule has 4 nitrogen and oxygen atoms in total. The minimum absolute atomic E-state index is 0.0433. The van der Waals surface area contributed by atoms with E-state index in [4.69, 9.17) is 0 Å². The van der Waals surface area contributed by atoms with Crippen LogP contribution < -0.4 is 0 Å². The van der Waals surface area contributed by atoms with Gasteiger partial charge >= 0.3 is 0 Å². The van der Waals surface area contributed by atoms with Crippen molar-refractivity contribution in [3.05, 3.63) is 47.0 Å². The standard InChI is InChI=1S/C15H16F2N4/c16-15(17)14-11-4-10-7-21(6-9-2-1-3-18-5-9)8-12(10)13(11)19-20-14/h1-3,5,10,12,15H,4,6-8H2,(H,19,20)/t10-,12+/m1/s1. The van der Waals surface area contributed by atoms with Crippen molar-refractivity contribution in [3.8, 4) is 0 Å². The molecule has 0 radical (unpaired) electrons. The van der Waals surface area contributed by atoms with E-state index >= 15 is 0 Å². The van der Waals surface area contributed by atoms with E-state index in [-0.39, 0.29) is 5.69 Å². The molecule has 1 aliphatic heterocycles. The minimum Gasteiger partial charge on any atom is -0.298 e. The van der Waals surface area contributed by atoms with Gasteiger partial charge in [0.1, 0.15) is 5.69 Å². The molecule has 1 saturated heterocycles. The maximum atomic E-state index is 12.9. The Morgan fingerprint density at radius 2 is 2.29 bits per heavy atom. The Hall–Kier alpha value is -1.82. The second kappa shape index (κ2) is 4.87. The molecule has 0 saturated carbocycles. The first-order valence-electron chi connectivity index (χ1n) is 7.19. The number of hydrogen-bond donors (Lipinski definition) is 1. The highest BCUT2D eigenvalue weighted by Gasteiger charge is 2.43. The average Bonchev–Trinajstić information content (AvgIpc) is 3.10. The molecule has 21 heavy (non-hydrogen) atoms. The van der Waals surface area contributed by atoms with Gasteiger partial charge in [-0.15, -0.1) is 0 Å². The maximum Gasteiger partial charge on any atom is 0.282 e. The molecule has 2 atom stereocenters. The Labute approximate surface area is 121 Å². The molecule has 2 aliphatic rings. The average molecular weight is 290 g/mol. The van der Waals surface area contributed by atoms with Crippen LogP contribution in [0.15, 0.2) is 24.5 Å². The molecule has 0 spiro atoms. The molecule has 6 heteroatoms. The predicted molar refractivity (Wildman–Crippen MR) is 73.0 cm³/mol. The zero-order valence-corrected chi connectivity index (χ0v) is 11.5. The number of halogens is 2. The third-order valence-electron chi connectivity index (χ3n) is 4.62. The fourth-order valence-electron chi connectivity index (χ4n) is 3.73. The van der Waals surface area contributed by atoms with Gasteiger partial charge in [-0.05, 0) is 24.0 Å². The molecule has 0 aromatic carbocycles. The van der Waals surface area contributed by atoms with Crippen molar-refractivity contribution in [1.29, 1.82) is 0 Å². The zero-order chi connectivity index (χ0) is 14.4. The molecule has 0 amide bonds. The molecule has 1 aliphatic carbocycles. The second-order valence-electron chi connectivity index (χ2n) is 5.93. The number of nitrogens with zero attached hydrogens (tertiary/aromatic N) is 3. The summed E-state index contributed by atoms with van der Waals surface area (Å²) in [5.41, 5.74) is 2.85. The quantitative estimate of drug-likeness (QED) is 0.944. The summed E-state index contributed by atoms with van der Waals surface area (Å²) in [6, 6.07) is 4.01. The van der Waals surface area contributed by atoms with Gasteiger partial charge in [-0.3, -0.25) is 15.0 Å². The lowest BCUT2D eigenvalue weighted by molar-refractivity contribution is 0.144. The SMILES string of the molecule is FC(F)c1n[nH]c2c1C[C@@H]1CN(Cc3cccnc3)C[C@H]21. The van der Waals surface area contributed by atoms with Gasteiger partial charge in [-0.25, -0.2) is 8.78 Å². The first kappa shape index (κ1) is 12.9. The molecular formula is C15H16F2N4. The molecule has 4 rings (SSSR count). The van der Waals surface area contributed by atoms with Crippen LogP contribution in [0.2, 0.25) is 0 Å². The molecule has 1 N–H and O–H groups in total. The van der Waals surface area contributed by atoms with E-state index in [1.807, 2.05) is 12.3 Å². The van der Waals surface area contributed by atoms with E-state index in [2.05, 4.69) is 26.1 Å². The Kier molecular flexibility index (Phi) is 2.99. The predicted octanol–water partition coefficient (Wildman–Crippen LogP) is 2.51. The van der Waals surface area contributed by atoms with Crippen molar-refractivity contribution in [2.75, 3.05) is 13.1 Å². The fourth-order valence-corrected chi connectivity index (χ4v) is 3.73. The third-order valence-corrected chi connectivity index (χ3v) is 4.62. The summed E-state index contributed by atoms with van der Waals surface area (Å²) in [5.74, 6) is 0.750. The topological polar surface area (TPSA) is 44.8 Å². The van der Waals surface area contributed by atoms with Gasteiger partial charge in [-0.2, -0.15) is 5.10 Å². The van der Waals surface area contributed by atoms with E-state index in [9.17, 15) is 8.78 Å². The number of alkyl halides is 2. The van der Waals surface area contributed by atoms with Crippen LogP contribution in [0, 0.1) is 5.92 Å². The number of rotatable bonds is 3.